The van der Waals surface area contributed by atoms with Crippen LogP contribution in [-0.2, 0) is 15.4 Å². The highest BCUT2D eigenvalue weighted by atomic mass is 35.5. The van der Waals surface area contributed by atoms with Crippen molar-refractivity contribution in [2.75, 3.05) is 19.8 Å². The molecule has 1 aromatic heterocycles. The minimum atomic E-state index is -0.426. The van der Waals surface area contributed by atoms with Crippen molar-refractivity contribution in [3.05, 3.63) is 23.3 Å². The topological polar surface area (TPSA) is 61.3 Å². The maximum absolute atomic E-state index is 11.7. The summed E-state index contributed by atoms with van der Waals surface area (Å²) in [4.78, 5) is 20.4. The molecule has 0 bridgehead atoms. The van der Waals surface area contributed by atoms with E-state index in [2.05, 4.69) is 9.97 Å². The second-order valence-corrected chi connectivity index (χ2v) is 4.62. The Morgan fingerprint density at radius 1 is 1.63 bits per heavy atom. The number of hydrogen-bond donors (Lipinski definition) is 0. The van der Waals surface area contributed by atoms with Crippen LogP contribution in [0.5, 0.6) is 0 Å². The lowest BCUT2D eigenvalue weighted by Crippen LogP contribution is -2.19. The predicted octanol–water partition coefficient (Wildman–Crippen LogP) is 2.29. The zero-order valence-corrected chi connectivity index (χ0v) is 11.7. The van der Waals surface area contributed by atoms with Crippen molar-refractivity contribution in [2.45, 2.75) is 31.6 Å². The molecule has 0 N–H and O–H groups in total. The number of esters is 1. The number of hydrogen-bond acceptors (Lipinski definition) is 5. The summed E-state index contributed by atoms with van der Waals surface area (Å²) in [6.45, 7) is 3.49. The number of ether oxygens (including phenoxy) is 2. The number of nitrogens with zero attached hydrogens (tertiary/aromatic N) is 2. The van der Waals surface area contributed by atoms with Crippen molar-refractivity contribution in [3.8, 4) is 0 Å². The van der Waals surface area contributed by atoms with Gasteiger partial charge in [0.1, 0.15) is 11.4 Å². The number of halogens is 1. The van der Waals surface area contributed by atoms with Crippen LogP contribution in [0.3, 0.4) is 0 Å². The monoisotopic (exact) mass is 284 g/mol. The van der Waals surface area contributed by atoms with Gasteiger partial charge in [0.05, 0.1) is 24.8 Å². The van der Waals surface area contributed by atoms with Crippen molar-refractivity contribution in [1.82, 2.24) is 9.97 Å². The first-order chi connectivity index (χ1) is 9.26. The van der Waals surface area contributed by atoms with Gasteiger partial charge in [-0.1, -0.05) is 0 Å². The highest BCUT2D eigenvalue weighted by molar-refractivity contribution is 6.17. The molecule has 19 heavy (non-hydrogen) atoms. The molecular weight excluding hydrogens is 268 g/mol. The lowest BCUT2D eigenvalue weighted by atomic mass is 10.0. The highest BCUT2D eigenvalue weighted by Crippen LogP contribution is 2.23. The van der Waals surface area contributed by atoms with E-state index in [0.29, 0.717) is 30.3 Å². The molecule has 1 aliphatic rings. The van der Waals surface area contributed by atoms with Gasteiger partial charge in [-0.3, -0.25) is 0 Å². The number of rotatable bonds is 4. The Balaban J connectivity index is 2.22. The van der Waals surface area contributed by atoms with Gasteiger partial charge in [0, 0.05) is 18.7 Å². The van der Waals surface area contributed by atoms with Crippen LogP contribution in [-0.4, -0.2) is 35.8 Å². The fourth-order valence-corrected chi connectivity index (χ4v) is 2.26. The molecule has 5 nitrogen and oxygen atoms in total. The molecule has 2 heterocycles. The van der Waals surface area contributed by atoms with Crippen LogP contribution in [0.4, 0.5) is 0 Å². The summed E-state index contributed by atoms with van der Waals surface area (Å²) in [6.07, 6.45) is 3.51. The standard InChI is InChI=1S/C13H17ClN2O3/c1-2-19-13(17)10-7-15-12(16-11(10)6-14)9-4-3-5-18-8-9/h7,9H,2-6,8H2,1H3. The van der Waals surface area contributed by atoms with E-state index < -0.39 is 5.97 Å². The Hall–Kier alpha value is -1.20. The molecule has 1 atom stereocenters. The molecule has 1 fully saturated rings. The van der Waals surface area contributed by atoms with E-state index in [4.69, 9.17) is 21.1 Å². The maximum Gasteiger partial charge on any atom is 0.341 e. The normalized spacial score (nSPS) is 19.2. The van der Waals surface area contributed by atoms with Gasteiger partial charge in [0.15, 0.2) is 0 Å². The lowest BCUT2D eigenvalue weighted by Gasteiger charge is -2.21. The molecular formula is C13H17ClN2O3. The van der Waals surface area contributed by atoms with Crippen LogP contribution in [0.25, 0.3) is 0 Å². The summed E-state index contributed by atoms with van der Waals surface area (Å²) >= 11 is 5.86. The Bertz CT molecular complexity index is 448. The van der Waals surface area contributed by atoms with Crippen LogP contribution in [0.1, 0.15) is 47.6 Å². The van der Waals surface area contributed by atoms with Gasteiger partial charge in [0.25, 0.3) is 0 Å². The lowest BCUT2D eigenvalue weighted by molar-refractivity contribution is 0.0524. The summed E-state index contributed by atoms with van der Waals surface area (Å²) < 4.78 is 10.4. The largest absolute Gasteiger partial charge is 0.462 e. The summed E-state index contributed by atoms with van der Waals surface area (Å²) in [5.74, 6) is 0.622. The third kappa shape index (κ3) is 3.42. The summed E-state index contributed by atoms with van der Waals surface area (Å²) in [7, 11) is 0. The fraction of sp³-hybridized carbons (Fsp3) is 0.615. The average molecular weight is 285 g/mol. The second kappa shape index (κ2) is 6.82. The number of alkyl halides is 1. The molecule has 2 rings (SSSR count). The Kier molecular flexibility index (Phi) is 5.10. The molecule has 0 radical (unpaired) electrons. The van der Waals surface area contributed by atoms with Crippen LogP contribution < -0.4 is 0 Å². The molecule has 104 valence electrons. The predicted molar refractivity (Wildman–Crippen MR) is 70.3 cm³/mol. The van der Waals surface area contributed by atoms with Crippen molar-refractivity contribution >= 4 is 17.6 Å². The summed E-state index contributed by atoms with van der Waals surface area (Å²) in [5.41, 5.74) is 0.869. The number of carbonyl (C=O) groups excluding carboxylic acids is 1. The quantitative estimate of drug-likeness (QED) is 0.627. The third-order valence-corrected chi connectivity index (χ3v) is 3.29. The maximum atomic E-state index is 11.7. The zero-order chi connectivity index (χ0) is 13.7. The molecule has 1 saturated heterocycles. The second-order valence-electron chi connectivity index (χ2n) is 4.36. The van der Waals surface area contributed by atoms with Crippen LogP contribution in [0, 0.1) is 0 Å². The van der Waals surface area contributed by atoms with Crippen molar-refractivity contribution in [2.24, 2.45) is 0 Å². The first-order valence-corrected chi connectivity index (χ1v) is 6.96. The van der Waals surface area contributed by atoms with Crippen molar-refractivity contribution in [3.63, 3.8) is 0 Å². The van der Waals surface area contributed by atoms with Crippen molar-refractivity contribution in [1.29, 1.82) is 0 Å². The van der Waals surface area contributed by atoms with Gasteiger partial charge in [0.2, 0.25) is 0 Å². The van der Waals surface area contributed by atoms with Gasteiger partial charge < -0.3 is 9.47 Å². The van der Waals surface area contributed by atoms with Crippen LogP contribution in [0.2, 0.25) is 0 Å². The Labute approximate surface area is 117 Å². The van der Waals surface area contributed by atoms with E-state index >= 15 is 0 Å². The SMILES string of the molecule is CCOC(=O)c1cnc(C2CCCOC2)nc1CCl. The molecule has 1 aliphatic heterocycles. The van der Waals surface area contributed by atoms with Gasteiger partial charge in [-0.05, 0) is 19.8 Å². The van der Waals surface area contributed by atoms with Crippen molar-refractivity contribution < 1.29 is 14.3 Å². The van der Waals surface area contributed by atoms with E-state index in [0.717, 1.165) is 19.4 Å². The minimum Gasteiger partial charge on any atom is -0.462 e. The van der Waals surface area contributed by atoms with E-state index in [-0.39, 0.29) is 11.8 Å². The van der Waals surface area contributed by atoms with Crippen LogP contribution in [0.15, 0.2) is 6.20 Å². The first-order valence-electron chi connectivity index (χ1n) is 6.43. The molecule has 0 aromatic carbocycles. The molecule has 0 saturated carbocycles. The van der Waals surface area contributed by atoms with E-state index in [1.54, 1.807) is 6.92 Å². The summed E-state index contributed by atoms with van der Waals surface area (Å²) in [5, 5.41) is 0. The molecule has 1 unspecified atom stereocenters. The molecule has 1 aromatic rings. The molecule has 6 heteroatoms. The molecule has 0 amide bonds. The first kappa shape index (κ1) is 14.2. The number of carbonyl (C=O) groups is 1. The third-order valence-electron chi connectivity index (χ3n) is 3.03. The average Bonchev–Trinajstić information content (AvgIpc) is 2.47. The summed E-state index contributed by atoms with van der Waals surface area (Å²) in [6, 6.07) is 0. The van der Waals surface area contributed by atoms with Gasteiger partial charge in [-0.15, -0.1) is 11.6 Å². The number of aromatic nitrogens is 2. The highest BCUT2D eigenvalue weighted by Gasteiger charge is 2.21. The molecule has 0 spiro atoms. The van der Waals surface area contributed by atoms with Gasteiger partial charge in [-0.2, -0.15) is 0 Å². The van der Waals surface area contributed by atoms with E-state index in [1.807, 2.05) is 0 Å². The Morgan fingerprint density at radius 2 is 2.47 bits per heavy atom. The fourth-order valence-electron chi connectivity index (χ4n) is 2.05. The van der Waals surface area contributed by atoms with Crippen LogP contribution >= 0.6 is 11.6 Å². The van der Waals surface area contributed by atoms with E-state index in [1.165, 1.54) is 6.20 Å². The smallest absolute Gasteiger partial charge is 0.341 e. The zero-order valence-electron chi connectivity index (χ0n) is 10.9. The molecule has 0 aliphatic carbocycles. The van der Waals surface area contributed by atoms with E-state index in [9.17, 15) is 4.79 Å². The van der Waals surface area contributed by atoms with Gasteiger partial charge in [-0.25, -0.2) is 14.8 Å². The Morgan fingerprint density at radius 3 is 3.11 bits per heavy atom. The minimum absolute atomic E-state index is 0.164. The van der Waals surface area contributed by atoms with Gasteiger partial charge >= 0.3 is 5.97 Å².